The molecule has 1 unspecified atom stereocenters. The van der Waals surface area contributed by atoms with Gasteiger partial charge >= 0.3 is 0 Å². The summed E-state index contributed by atoms with van der Waals surface area (Å²) in [5.74, 6) is 6.51. The minimum absolute atomic E-state index is 0.0635. The van der Waals surface area contributed by atoms with Crippen LogP contribution in [0.15, 0.2) is 36.4 Å². The Morgan fingerprint density at radius 2 is 2.03 bits per heavy atom. The Bertz CT molecular complexity index is 1410. The first-order chi connectivity index (χ1) is 18.2. The molecule has 7 rings (SSSR count). The molecule has 38 heavy (non-hydrogen) atoms. The van der Waals surface area contributed by atoms with Crippen LogP contribution in [-0.2, 0) is 16.6 Å². The lowest BCUT2D eigenvalue weighted by atomic mass is 9.48. The summed E-state index contributed by atoms with van der Waals surface area (Å²) < 4.78 is 6.45. The molecule has 7 heteroatoms. The van der Waals surface area contributed by atoms with Crippen molar-refractivity contribution in [1.82, 2.24) is 4.90 Å². The first-order valence-corrected chi connectivity index (χ1v) is 13.9. The number of piperidine rings is 1. The van der Waals surface area contributed by atoms with Crippen LogP contribution >= 0.6 is 0 Å². The van der Waals surface area contributed by atoms with Crippen LogP contribution in [0.3, 0.4) is 0 Å². The zero-order chi connectivity index (χ0) is 26.4. The fourth-order valence-electron chi connectivity index (χ4n) is 8.24. The number of benzene rings is 2. The Morgan fingerprint density at radius 3 is 2.79 bits per heavy atom. The van der Waals surface area contributed by atoms with Crippen molar-refractivity contribution in [2.75, 3.05) is 20.1 Å². The Labute approximate surface area is 223 Å². The van der Waals surface area contributed by atoms with E-state index in [1.165, 1.54) is 0 Å². The van der Waals surface area contributed by atoms with Crippen LogP contribution in [0.4, 0.5) is 0 Å². The van der Waals surface area contributed by atoms with Crippen LogP contribution in [0.2, 0.25) is 0 Å². The summed E-state index contributed by atoms with van der Waals surface area (Å²) in [7, 11) is 1.76. The van der Waals surface area contributed by atoms with E-state index in [2.05, 4.69) is 11.8 Å². The normalized spacial score (nSPS) is 35.9. The molecule has 2 heterocycles. The Hall–Kier alpha value is -3.05. The van der Waals surface area contributed by atoms with Crippen LogP contribution in [0.5, 0.6) is 11.5 Å². The number of hydroxylamine groups is 3. The number of hydrogen-bond donors (Lipinski definition) is 3. The molecule has 3 N–H and O–H groups in total. The van der Waals surface area contributed by atoms with Crippen molar-refractivity contribution >= 4 is 5.91 Å². The van der Waals surface area contributed by atoms with Gasteiger partial charge in [-0.1, -0.05) is 24.1 Å². The van der Waals surface area contributed by atoms with E-state index in [0.717, 1.165) is 35.1 Å². The molecular formula is C31H35N2O5+. The summed E-state index contributed by atoms with van der Waals surface area (Å²) in [6.45, 7) is 3.19. The molecular weight excluding hydrogens is 480 g/mol. The molecule has 7 nitrogen and oxygen atoms in total. The van der Waals surface area contributed by atoms with Crippen molar-refractivity contribution in [3.8, 4) is 23.3 Å². The highest BCUT2D eigenvalue weighted by Crippen LogP contribution is 2.66. The van der Waals surface area contributed by atoms with Crippen molar-refractivity contribution in [2.24, 2.45) is 5.92 Å². The van der Waals surface area contributed by atoms with E-state index in [-0.39, 0.29) is 28.4 Å². The molecule has 3 aliphatic carbocycles. The number of rotatable bonds is 3. The number of nitrogens with zero attached hydrogens (tertiary/aromatic N) is 2. The molecule has 1 saturated heterocycles. The summed E-state index contributed by atoms with van der Waals surface area (Å²) in [4.78, 5) is 15.0. The van der Waals surface area contributed by atoms with Gasteiger partial charge in [-0.05, 0) is 61.9 Å². The van der Waals surface area contributed by atoms with Gasteiger partial charge < -0.3 is 19.8 Å². The molecule has 1 spiro atoms. The SMILES string of the molecule is Cc1cccc(C#CC(=O)N(C)[C@@H]2CC[C@@]3(O)[C@@H]4Cc5ccc(O)c6c5[C@@]3(CC[N+]4(O)CC3CC3)[C@H]2O6)c1. The second-order valence-electron chi connectivity index (χ2n) is 12.3. The molecule has 6 atom stereocenters. The summed E-state index contributed by atoms with van der Waals surface area (Å²) in [5.41, 5.74) is 1.79. The lowest BCUT2D eigenvalue weighted by molar-refractivity contribution is -1.13. The highest BCUT2D eigenvalue weighted by Gasteiger charge is 2.77. The Morgan fingerprint density at radius 1 is 1.21 bits per heavy atom. The van der Waals surface area contributed by atoms with E-state index < -0.39 is 17.1 Å². The highest BCUT2D eigenvalue weighted by molar-refractivity contribution is 5.94. The second-order valence-corrected chi connectivity index (χ2v) is 12.3. The number of carbonyl (C=O) groups is 1. The third-order valence-electron chi connectivity index (χ3n) is 10.2. The monoisotopic (exact) mass is 515 g/mol. The van der Waals surface area contributed by atoms with Gasteiger partial charge in [0.05, 0.1) is 11.5 Å². The van der Waals surface area contributed by atoms with E-state index in [1.807, 2.05) is 37.3 Å². The van der Waals surface area contributed by atoms with Gasteiger partial charge in [0.25, 0.3) is 5.91 Å². The van der Waals surface area contributed by atoms with Gasteiger partial charge in [0.2, 0.25) is 0 Å². The summed E-state index contributed by atoms with van der Waals surface area (Å²) in [6.07, 6.45) is 3.79. The zero-order valence-electron chi connectivity index (χ0n) is 22.0. The number of likely N-dealkylation sites (N-methyl/N-ethyl adjacent to an activating group) is 1. The summed E-state index contributed by atoms with van der Waals surface area (Å²) in [6, 6.07) is 10.6. The molecule has 5 aliphatic rings. The minimum Gasteiger partial charge on any atom is -0.504 e. The summed E-state index contributed by atoms with van der Waals surface area (Å²) >= 11 is 0. The third-order valence-corrected chi connectivity index (χ3v) is 10.2. The number of aromatic hydroxyl groups is 1. The van der Waals surface area contributed by atoms with Gasteiger partial charge in [0, 0.05) is 42.9 Å². The van der Waals surface area contributed by atoms with Crippen molar-refractivity contribution < 1.29 is 29.6 Å². The first kappa shape index (κ1) is 24.0. The number of phenols is 1. The quantitative estimate of drug-likeness (QED) is 0.432. The Kier molecular flexibility index (Phi) is 5.05. The van der Waals surface area contributed by atoms with Gasteiger partial charge in [0.15, 0.2) is 17.5 Å². The average Bonchev–Trinajstić information content (AvgIpc) is 3.62. The number of carbonyl (C=O) groups excluding carboxylic acids is 1. The van der Waals surface area contributed by atoms with Gasteiger partial charge in [-0.25, -0.2) is 5.21 Å². The molecule has 0 radical (unpaired) electrons. The molecule has 0 aromatic heterocycles. The van der Waals surface area contributed by atoms with Gasteiger partial charge in [0.1, 0.15) is 24.8 Å². The molecule has 2 aliphatic heterocycles. The van der Waals surface area contributed by atoms with Crippen LogP contribution in [-0.4, -0.2) is 74.8 Å². The van der Waals surface area contributed by atoms with E-state index in [1.54, 1.807) is 18.0 Å². The lowest BCUT2D eigenvalue weighted by Crippen LogP contribution is -2.82. The maximum atomic E-state index is 13.3. The van der Waals surface area contributed by atoms with Gasteiger partial charge in [-0.2, -0.15) is 4.65 Å². The van der Waals surface area contributed by atoms with E-state index in [4.69, 9.17) is 4.74 Å². The number of ether oxygens (including phenoxy) is 1. The van der Waals surface area contributed by atoms with E-state index in [9.17, 15) is 20.2 Å². The molecule has 198 valence electrons. The molecule has 2 saturated carbocycles. The van der Waals surface area contributed by atoms with E-state index >= 15 is 0 Å². The van der Waals surface area contributed by atoms with E-state index in [0.29, 0.717) is 50.4 Å². The number of aliphatic hydroxyl groups is 1. The number of hydrogen-bond acceptors (Lipinski definition) is 5. The molecule has 2 aromatic carbocycles. The van der Waals surface area contributed by atoms with Crippen LogP contribution in [0.1, 0.15) is 54.4 Å². The van der Waals surface area contributed by atoms with Crippen molar-refractivity contribution in [1.29, 1.82) is 0 Å². The van der Waals surface area contributed by atoms with Crippen molar-refractivity contribution in [3.63, 3.8) is 0 Å². The first-order valence-electron chi connectivity index (χ1n) is 13.9. The number of amides is 1. The lowest BCUT2D eigenvalue weighted by Gasteiger charge is -2.64. The predicted octanol–water partition coefficient (Wildman–Crippen LogP) is 3.05. The standard InChI is InChI=1S/C31H34N2O5/c1-19-4-3-5-20(16-19)8-11-26(35)32(2)23-12-13-31(36)25-17-22-9-10-24(34)28-27(22)30(31,29(23)38-28)14-15-33(25,37)18-21-6-7-21/h3-5,9-10,16,21,23,25,29,36-37H,6-7,12-15,17-18H2,1-2H3/p+1/t23-,25+,29+,30+,31-,33?/m1/s1. The summed E-state index contributed by atoms with van der Waals surface area (Å²) in [5, 5.41) is 35.4. The fraction of sp³-hybridized carbons (Fsp3) is 0.516. The van der Waals surface area contributed by atoms with Crippen molar-refractivity contribution in [2.45, 2.75) is 74.7 Å². The minimum atomic E-state index is -1.20. The number of likely N-dealkylation sites (tertiary alicyclic amines) is 1. The number of quaternary nitrogens is 1. The highest BCUT2D eigenvalue weighted by atomic mass is 16.6. The number of aryl methyl sites for hydroxylation is 1. The topological polar surface area (TPSA) is 90.2 Å². The Balaban J connectivity index is 1.28. The predicted molar refractivity (Wildman–Crippen MR) is 140 cm³/mol. The van der Waals surface area contributed by atoms with Crippen molar-refractivity contribution in [3.05, 3.63) is 58.7 Å². The van der Waals surface area contributed by atoms with Crippen LogP contribution in [0.25, 0.3) is 0 Å². The second kappa shape index (κ2) is 7.98. The zero-order valence-corrected chi connectivity index (χ0v) is 22.0. The van der Waals surface area contributed by atoms with Gasteiger partial charge in [-0.3, -0.25) is 4.79 Å². The van der Waals surface area contributed by atoms with Crippen LogP contribution < -0.4 is 4.74 Å². The maximum Gasteiger partial charge on any atom is 0.298 e. The molecule has 3 fully saturated rings. The third kappa shape index (κ3) is 3.17. The fourth-order valence-corrected chi connectivity index (χ4v) is 8.24. The van der Waals surface area contributed by atoms with Crippen LogP contribution in [0, 0.1) is 24.7 Å². The van der Waals surface area contributed by atoms with Gasteiger partial charge in [-0.15, -0.1) is 0 Å². The largest absolute Gasteiger partial charge is 0.504 e. The molecule has 2 aromatic rings. The average molecular weight is 516 g/mol. The maximum absolute atomic E-state index is 13.3. The molecule has 2 bridgehead atoms. The molecule has 1 amide bonds. The number of phenolic OH excluding ortho intramolecular Hbond substituents is 1. The smallest absolute Gasteiger partial charge is 0.298 e.